The molecule has 1 aromatic heterocycles. The fourth-order valence-corrected chi connectivity index (χ4v) is 5.30. The van der Waals surface area contributed by atoms with Crippen molar-refractivity contribution in [3.8, 4) is 5.75 Å². The Morgan fingerprint density at radius 2 is 2.06 bits per heavy atom. The molecular formula is C21H27N3O6S. The number of pyridine rings is 1. The molecule has 0 saturated carbocycles. The number of nitrogens with zero attached hydrogens (tertiary/aromatic N) is 2. The van der Waals surface area contributed by atoms with Gasteiger partial charge in [0.2, 0.25) is 10.0 Å². The predicted molar refractivity (Wildman–Crippen MR) is 113 cm³/mol. The summed E-state index contributed by atoms with van der Waals surface area (Å²) in [5, 5.41) is 9.04. The lowest BCUT2D eigenvalue weighted by molar-refractivity contribution is -0.130. The van der Waals surface area contributed by atoms with Crippen molar-refractivity contribution in [2.45, 2.75) is 31.5 Å². The fraction of sp³-hybridized carbons (Fsp3) is 0.429. The molecule has 168 valence electrons. The summed E-state index contributed by atoms with van der Waals surface area (Å²) in [6, 6.07) is 10.8. The number of aromatic nitrogens is 1. The molecular weight excluding hydrogens is 422 g/mol. The lowest BCUT2D eigenvalue weighted by atomic mass is 10.0. The minimum Gasteiger partial charge on any atom is -0.497 e. The quantitative estimate of drug-likeness (QED) is 0.442. The van der Waals surface area contributed by atoms with E-state index in [0.29, 0.717) is 38.1 Å². The number of carbonyl (C=O) groups excluding carboxylic acids is 1. The summed E-state index contributed by atoms with van der Waals surface area (Å²) in [6.07, 6.45) is 4.03. The van der Waals surface area contributed by atoms with E-state index in [1.165, 1.54) is 16.7 Å². The second-order valence-corrected chi connectivity index (χ2v) is 9.37. The molecule has 10 heteroatoms. The van der Waals surface area contributed by atoms with Gasteiger partial charge in [-0.25, -0.2) is 18.2 Å². The molecule has 2 heterocycles. The predicted octanol–water partition coefficient (Wildman–Crippen LogP) is 1.69. The van der Waals surface area contributed by atoms with Crippen molar-refractivity contribution in [2.75, 3.05) is 26.0 Å². The molecule has 1 aliphatic rings. The van der Waals surface area contributed by atoms with Crippen LogP contribution in [0.5, 0.6) is 5.75 Å². The first-order chi connectivity index (χ1) is 14.9. The Morgan fingerprint density at radius 1 is 1.29 bits per heavy atom. The van der Waals surface area contributed by atoms with E-state index in [1.54, 1.807) is 24.7 Å². The number of rotatable bonds is 9. The van der Waals surface area contributed by atoms with Gasteiger partial charge in [-0.2, -0.15) is 0 Å². The minimum atomic E-state index is -3.72. The van der Waals surface area contributed by atoms with Crippen LogP contribution in [-0.4, -0.2) is 60.9 Å². The zero-order chi connectivity index (χ0) is 22.3. The number of sulfonamides is 1. The van der Waals surface area contributed by atoms with Crippen LogP contribution in [-0.2, 0) is 26.2 Å². The highest BCUT2D eigenvalue weighted by Crippen LogP contribution is 2.24. The van der Waals surface area contributed by atoms with E-state index < -0.39 is 27.6 Å². The van der Waals surface area contributed by atoms with E-state index >= 15 is 0 Å². The summed E-state index contributed by atoms with van der Waals surface area (Å²) in [5.74, 6) is -1.52. The van der Waals surface area contributed by atoms with Gasteiger partial charge >= 0.3 is 0 Å². The molecule has 1 atom stereocenters. The highest BCUT2D eigenvalue weighted by Gasteiger charge is 2.33. The molecule has 0 unspecified atom stereocenters. The number of amides is 1. The number of ether oxygens (including phenoxy) is 2. The third-order valence-electron chi connectivity index (χ3n) is 5.30. The summed E-state index contributed by atoms with van der Waals surface area (Å²) in [4.78, 5) is 16.0. The van der Waals surface area contributed by atoms with Gasteiger partial charge in [0.1, 0.15) is 5.75 Å². The van der Waals surface area contributed by atoms with Gasteiger partial charge in [0.05, 0.1) is 31.5 Å². The van der Waals surface area contributed by atoms with E-state index in [2.05, 4.69) is 4.98 Å². The van der Waals surface area contributed by atoms with Gasteiger partial charge in [0, 0.05) is 25.5 Å². The van der Waals surface area contributed by atoms with Gasteiger partial charge in [0.25, 0.3) is 5.91 Å². The Kier molecular flexibility index (Phi) is 7.97. The Labute approximate surface area is 182 Å². The fourth-order valence-electron chi connectivity index (χ4n) is 3.55. The molecule has 31 heavy (non-hydrogen) atoms. The SMILES string of the molecule is COc1cccc(COC2CCN(S(=O)(=O)C[C@@H](C(=O)NO)c3cccnc3)CC2)c1. The van der Waals surface area contributed by atoms with Crippen LogP contribution < -0.4 is 10.2 Å². The minimum absolute atomic E-state index is 0.0486. The van der Waals surface area contributed by atoms with Crippen molar-refractivity contribution in [1.82, 2.24) is 14.8 Å². The van der Waals surface area contributed by atoms with Crippen molar-refractivity contribution in [1.29, 1.82) is 0 Å². The summed E-state index contributed by atoms with van der Waals surface area (Å²) < 4.78 is 38.4. The van der Waals surface area contributed by atoms with Gasteiger partial charge in [-0.1, -0.05) is 18.2 Å². The third kappa shape index (κ3) is 6.23. The molecule has 0 spiro atoms. The number of nitrogens with one attached hydrogen (secondary N) is 1. The Balaban J connectivity index is 1.56. The normalized spacial score (nSPS) is 16.6. The molecule has 0 radical (unpaired) electrons. The summed E-state index contributed by atoms with van der Waals surface area (Å²) in [7, 11) is -2.11. The van der Waals surface area contributed by atoms with Gasteiger partial charge in [-0.15, -0.1) is 0 Å². The van der Waals surface area contributed by atoms with Crippen molar-refractivity contribution in [2.24, 2.45) is 0 Å². The van der Waals surface area contributed by atoms with Crippen molar-refractivity contribution in [3.05, 3.63) is 59.9 Å². The van der Waals surface area contributed by atoms with Crippen LogP contribution in [0.3, 0.4) is 0 Å². The molecule has 1 aliphatic heterocycles. The maximum Gasteiger partial charge on any atom is 0.252 e. The Bertz CT molecular complexity index is 962. The molecule has 1 aromatic carbocycles. The van der Waals surface area contributed by atoms with Crippen molar-refractivity contribution in [3.63, 3.8) is 0 Å². The number of methoxy groups -OCH3 is 1. The second kappa shape index (κ2) is 10.7. The van der Waals surface area contributed by atoms with Crippen LogP contribution in [0.1, 0.15) is 29.9 Å². The topological polar surface area (TPSA) is 118 Å². The molecule has 2 aromatic rings. The number of hydrogen-bond acceptors (Lipinski definition) is 7. The number of hydroxylamine groups is 1. The van der Waals surface area contributed by atoms with E-state index in [4.69, 9.17) is 14.7 Å². The molecule has 2 N–H and O–H groups in total. The standard InChI is InChI=1S/C21H27N3O6S/c1-29-19-6-2-4-16(12-19)14-30-18-7-10-24(11-8-18)31(27,28)15-20(21(25)23-26)17-5-3-9-22-13-17/h2-6,9,12-13,18,20,26H,7-8,10-11,14-15H2,1H3,(H,23,25)/t20-/m1/s1. The average Bonchev–Trinajstić information content (AvgIpc) is 2.81. The summed E-state index contributed by atoms with van der Waals surface area (Å²) >= 11 is 0. The zero-order valence-electron chi connectivity index (χ0n) is 17.3. The highest BCUT2D eigenvalue weighted by molar-refractivity contribution is 7.89. The van der Waals surface area contributed by atoms with Gasteiger partial charge in [-0.05, 0) is 42.2 Å². The maximum absolute atomic E-state index is 12.9. The smallest absolute Gasteiger partial charge is 0.252 e. The highest BCUT2D eigenvalue weighted by atomic mass is 32.2. The average molecular weight is 450 g/mol. The first kappa shape index (κ1) is 23.1. The monoisotopic (exact) mass is 449 g/mol. The van der Waals surface area contributed by atoms with Crippen molar-refractivity contribution >= 4 is 15.9 Å². The molecule has 9 nitrogen and oxygen atoms in total. The molecule has 0 bridgehead atoms. The second-order valence-electron chi connectivity index (χ2n) is 7.35. The van der Waals surface area contributed by atoms with Crippen LogP contribution in [0.25, 0.3) is 0 Å². The summed E-state index contributed by atoms with van der Waals surface area (Å²) in [5.41, 5.74) is 2.97. The van der Waals surface area contributed by atoms with Crippen molar-refractivity contribution < 1.29 is 27.9 Å². The van der Waals surface area contributed by atoms with Gasteiger partial charge in [-0.3, -0.25) is 15.0 Å². The van der Waals surface area contributed by atoms with E-state index in [-0.39, 0.29) is 6.10 Å². The number of hydrogen-bond donors (Lipinski definition) is 2. The number of benzene rings is 1. The Morgan fingerprint density at radius 3 is 2.71 bits per heavy atom. The lowest BCUT2D eigenvalue weighted by Gasteiger charge is -2.32. The third-order valence-corrected chi connectivity index (χ3v) is 7.21. The Hall–Kier alpha value is -2.53. The van der Waals surface area contributed by atoms with E-state index in [9.17, 15) is 13.2 Å². The zero-order valence-corrected chi connectivity index (χ0v) is 18.1. The number of piperidine rings is 1. The maximum atomic E-state index is 12.9. The first-order valence-corrected chi connectivity index (χ1v) is 11.6. The van der Waals surface area contributed by atoms with E-state index in [1.807, 2.05) is 24.3 Å². The number of carbonyl (C=O) groups is 1. The molecule has 1 fully saturated rings. The van der Waals surface area contributed by atoms with E-state index in [0.717, 1.165) is 11.3 Å². The molecule has 1 amide bonds. The molecule has 3 rings (SSSR count). The van der Waals surface area contributed by atoms with Crippen LogP contribution in [0.15, 0.2) is 48.8 Å². The van der Waals surface area contributed by atoms with Gasteiger partial charge < -0.3 is 9.47 Å². The van der Waals surface area contributed by atoms with Crippen LogP contribution >= 0.6 is 0 Å². The van der Waals surface area contributed by atoms with Crippen LogP contribution in [0.4, 0.5) is 0 Å². The van der Waals surface area contributed by atoms with Crippen LogP contribution in [0, 0.1) is 0 Å². The van der Waals surface area contributed by atoms with Crippen LogP contribution in [0.2, 0.25) is 0 Å². The van der Waals surface area contributed by atoms with Gasteiger partial charge in [0.15, 0.2) is 0 Å². The molecule has 0 aliphatic carbocycles. The molecule has 1 saturated heterocycles. The lowest BCUT2D eigenvalue weighted by Crippen LogP contribution is -2.44. The first-order valence-electron chi connectivity index (χ1n) is 9.99. The largest absolute Gasteiger partial charge is 0.497 e. The summed E-state index contributed by atoms with van der Waals surface area (Å²) in [6.45, 7) is 1.05.